The summed E-state index contributed by atoms with van der Waals surface area (Å²) in [5.41, 5.74) is 3.39. The number of nitrogens with one attached hydrogen (secondary N) is 2. The molecule has 1 fully saturated rings. The number of aryl methyl sites for hydroxylation is 1. The molecule has 0 radical (unpaired) electrons. The van der Waals surface area contributed by atoms with Gasteiger partial charge >= 0.3 is 0 Å². The van der Waals surface area contributed by atoms with E-state index in [1.807, 2.05) is 43.3 Å². The van der Waals surface area contributed by atoms with E-state index in [1.165, 1.54) is 12.8 Å². The zero-order chi connectivity index (χ0) is 17.8. The van der Waals surface area contributed by atoms with Crippen molar-refractivity contribution in [1.29, 1.82) is 0 Å². The average molecular weight is 374 g/mol. The smallest absolute Gasteiger partial charge is 0.257 e. The van der Waals surface area contributed by atoms with Crippen LogP contribution in [0.15, 0.2) is 42.5 Å². The maximum atomic E-state index is 12.2. The Morgan fingerprint density at radius 1 is 1.16 bits per heavy atom. The molecule has 130 valence electrons. The van der Waals surface area contributed by atoms with Gasteiger partial charge in [-0.25, -0.2) is 0 Å². The van der Waals surface area contributed by atoms with Gasteiger partial charge in [-0.05, 0) is 62.3 Å². The first-order chi connectivity index (χ1) is 12.0. The third-order valence-electron chi connectivity index (χ3n) is 4.16. The molecule has 1 heterocycles. The monoisotopic (exact) mass is 373 g/mol. The van der Waals surface area contributed by atoms with Crippen molar-refractivity contribution in [3.63, 3.8) is 0 Å². The van der Waals surface area contributed by atoms with Gasteiger partial charge in [0, 0.05) is 24.3 Å². The van der Waals surface area contributed by atoms with Crippen LogP contribution in [0.2, 0.25) is 5.02 Å². The number of carbonyl (C=O) groups is 1. The number of nitrogens with zero attached hydrogens (tertiary/aromatic N) is 1. The highest BCUT2D eigenvalue weighted by molar-refractivity contribution is 7.80. The van der Waals surface area contributed by atoms with Gasteiger partial charge in [-0.2, -0.15) is 0 Å². The lowest BCUT2D eigenvalue weighted by atomic mass is 10.1. The SMILES string of the molecule is Cc1cccc(C(=O)NC(=S)Nc2ccc(N3CCCC3)c(Cl)c2)c1. The van der Waals surface area contributed by atoms with Gasteiger partial charge in [0.2, 0.25) is 0 Å². The molecule has 0 bridgehead atoms. The molecule has 1 aliphatic rings. The Morgan fingerprint density at radius 3 is 2.60 bits per heavy atom. The van der Waals surface area contributed by atoms with Crippen molar-refractivity contribution in [2.75, 3.05) is 23.3 Å². The van der Waals surface area contributed by atoms with Crippen molar-refractivity contribution in [2.45, 2.75) is 19.8 Å². The van der Waals surface area contributed by atoms with Gasteiger partial charge in [-0.3, -0.25) is 10.1 Å². The van der Waals surface area contributed by atoms with Crippen LogP contribution in [0.5, 0.6) is 0 Å². The Bertz CT molecular complexity index is 803. The fraction of sp³-hybridized carbons (Fsp3) is 0.263. The van der Waals surface area contributed by atoms with E-state index in [0.29, 0.717) is 10.6 Å². The largest absolute Gasteiger partial charge is 0.370 e. The highest BCUT2D eigenvalue weighted by Gasteiger charge is 2.15. The second-order valence-corrected chi connectivity index (χ2v) is 6.95. The second-order valence-electron chi connectivity index (χ2n) is 6.14. The summed E-state index contributed by atoms with van der Waals surface area (Å²) < 4.78 is 0. The van der Waals surface area contributed by atoms with Gasteiger partial charge in [0.15, 0.2) is 5.11 Å². The topological polar surface area (TPSA) is 44.4 Å². The molecule has 4 nitrogen and oxygen atoms in total. The number of amides is 1. The first kappa shape index (κ1) is 17.7. The summed E-state index contributed by atoms with van der Waals surface area (Å²) >= 11 is 11.6. The lowest BCUT2D eigenvalue weighted by Crippen LogP contribution is -2.34. The Kier molecular flexibility index (Phi) is 5.56. The molecule has 2 N–H and O–H groups in total. The standard InChI is InChI=1S/C19H20ClN3OS/c1-13-5-4-6-14(11-13)18(24)22-19(25)21-15-7-8-17(16(20)12-15)23-9-2-3-10-23/h4-8,11-12H,2-3,9-10H2,1H3,(H2,21,22,24,25). The molecule has 1 saturated heterocycles. The zero-order valence-corrected chi connectivity index (χ0v) is 15.6. The van der Waals surface area contributed by atoms with Crippen LogP contribution in [0.25, 0.3) is 0 Å². The van der Waals surface area contributed by atoms with Gasteiger partial charge in [-0.1, -0.05) is 29.3 Å². The summed E-state index contributed by atoms with van der Waals surface area (Å²) in [5, 5.41) is 6.63. The number of halogens is 1. The number of hydrogen-bond donors (Lipinski definition) is 2. The Morgan fingerprint density at radius 2 is 1.92 bits per heavy atom. The quantitative estimate of drug-likeness (QED) is 0.784. The fourth-order valence-corrected chi connectivity index (χ4v) is 3.43. The predicted octanol–water partition coefficient (Wildman–Crippen LogP) is 4.38. The lowest BCUT2D eigenvalue weighted by Gasteiger charge is -2.20. The van der Waals surface area contributed by atoms with Crippen LogP contribution in [0.1, 0.15) is 28.8 Å². The summed E-state index contributed by atoms with van der Waals surface area (Å²) in [5.74, 6) is -0.235. The Hall–Kier alpha value is -2.11. The van der Waals surface area contributed by atoms with Crippen molar-refractivity contribution in [2.24, 2.45) is 0 Å². The maximum absolute atomic E-state index is 12.2. The van der Waals surface area contributed by atoms with Crippen LogP contribution in [0.3, 0.4) is 0 Å². The summed E-state index contributed by atoms with van der Waals surface area (Å²) in [6.45, 7) is 4.02. The second kappa shape index (κ2) is 7.85. The van der Waals surface area contributed by atoms with Crippen molar-refractivity contribution >= 4 is 46.2 Å². The van der Waals surface area contributed by atoms with Gasteiger partial charge in [0.05, 0.1) is 10.7 Å². The van der Waals surface area contributed by atoms with Crippen molar-refractivity contribution in [3.8, 4) is 0 Å². The molecule has 25 heavy (non-hydrogen) atoms. The minimum absolute atomic E-state index is 0.235. The number of carbonyl (C=O) groups excluding carboxylic acids is 1. The molecule has 2 aromatic rings. The van der Waals surface area contributed by atoms with Crippen LogP contribution in [-0.4, -0.2) is 24.1 Å². The number of benzene rings is 2. The van der Waals surface area contributed by atoms with Gasteiger partial charge in [0.1, 0.15) is 0 Å². The van der Waals surface area contributed by atoms with Crippen LogP contribution in [0, 0.1) is 6.92 Å². The van der Waals surface area contributed by atoms with Crippen molar-refractivity contribution in [1.82, 2.24) is 5.32 Å². The van der Waals surface area contributed by atoms with E-state index >= 15 is 0 Å². The minimum Gasteiger partial charge on any atom is -0.370 e. The summed E-state index contributed by atoms with van der Waals surface area (Å²) in [6, 6.07) is 13.1. The molecule has 0 unspecified atom stereocenters. The molecular weight excluding hydrogens is 354 g/mol. The van der Waals surface area contributed by atoms with Crippen LogP contribution < -0.4 is 15.5 Å². The van der Waals surface area contributed by atoms with Crippen LogP contribution in [0.4, 0.5) is 11.4 Å². The van der Waals surface area contributed by atoms with E-state index in [2.05, 4.69) is 15.5 Å². The van der Waals surface area contributed by atoms with E-state index in [9.17, 15) is 4.79 Å². The molecule has 1 amide bonds. The lowest BCUT2D eigenvalue weighted by molar-refractivity contribution is 0.0977. The van der Waals surface area contributed by atoms with Gasteiger partial charge < -0.3 is 10.2 Å². The highest BCUT2D eigenvalue weighted by Crippen LogP contribution is 2.31. The summed E-state index contributed by atoms with van der Waals surface area (Å²) in [7, 11) is 0. The number of anilines is 2. The highest BCUT2D eigenvalue weighted by atomic mass is 35.5. The number of thiocarbonyl (C=S) groups is 1. The third-order valence-corrected chi connectivity index (χ3v) is 4.67. The summed E-state index contributed by atoms with van der Waals surface area (Å²) in [6.07, 6.45) is 2.40. The number of rotatable bonds is 3. The van der Waals surface area contributed by atoms with E-state index in [1.54, 1.807) is 6.07 Å². The van der Waals surface area contributed by atoms with E-state index in [4.69, 9.17) is 23.8 Å². The minimum atomic E-state index is -0.235. The zero-order valence-electron chi connectivity index (χ0n) is 14.0. The van der Waals surface area contributed by atoms with E-state index in [0.717, 1.165) is 30.0 Å². The first-order valence-electron chi connectivity index (χ1n) is 8.26. The van der Waals surface area contributed by atoms with E-state index < -0.39 is 0 Å². The van der Waals surface area contributed by atoms with Crippen LogP contribution >= 0.6 is 23.8 Å². The summed E-state index contributed by atoms with van der Waals surface area (Å²) in [4.78, 5) is 14.5. The number of hydrogen-bond acceptors (Lipinski definition) is 3. The molecule has 0 saturated carbocycles. The van der Waals surface area contributed by atoms with Crippen molar-refractivity contribution in [3.05, 3.63) is 58.6 Å². The maximum Gasteiger partial charge on any atom is 0.257 e. The van der Waals surface area contributed by atoms with E-state index in [-0.39, 0.29) is 11.0 Å². The molecular formula is C19H20ClN3OS. The molecule has 2 aromatic carbocycles. The Balaban J connectivity index is 1.62. The van der Waals surface area contributed by atoms with Crippen LogP contribution in [-0.2, 0) is 0 Å². The molecule has 3 rings (SSSR count). The first-order valence-corrected chi connectivity index (χ1v) is 9.05. The van der Waals surface area contributed by atoms with Gasteiger partial charge in [-0.15, -0.1) is 0 Å². The predicted molar refractivity (Wildman–Crippen MR) is 108 cm³/mol. The third kappa shape index (κ3) is 4.50. The molecule has 1 aliphatic heterocycles. The normalized spacial score (nSPS) is 13.6. The molecule has 6 heteroatoms. The molecule has 0 aromatic heterocycles. The Labute approximate surface area is 158 Å². The fourth-order valence-electron chi connectivity index (χ4n) is 2.92. The van der Waals surface area contributed by atoms with Crippen molar-refractivity contribution < 1.29 is 4.79 Å². The van der Waals surface area contributed by atoms with Gasteiger partial charge in [0.25, 0.3) is 5.91 Å². The average Bonchev–Trinajstić information content (AvgIpc) is 3.09. The molecule has 0 atom stereocenters. The molecule has 0 aliphatic carbocycles. The molecule has 0 spiro atoms.